The first-order chi connectivity index (χ1) is 14.5. The minimum Gasteiger partial charge on any atom is -0.435 e. The van der Waals surface area contributed by atoms with E-state index >= 15 is 0 Å². The van der Waals surface area contributed by atoms with Crippen LogP contribution >= 0.6 is 22.9 Å². The smallest absolute Gasteiger partial charge is 0.433 e. The maximum absolute atomic E-state index is 13.3. The molecule has 0 fully saturated rings. The second-order valence-corrected chi connectivity index (χ2v) is 7.57. The number of halogens is 6. The predicted molar refractivity (Wildman–Crippen MR) is 102 cm³/mol. The first-order valence-corrected chi connectivity index (χ1v) is 9.52. The van der Waals surface area contributed by atoms with Crippen LogP contribution in [0, 0.1) is 6.92 Å². The highest BCUT2D eigenvalue weighted by molar-refractivity contribution is 7.22. The van der Waals surface area contributed by atoms with Crippen LogP contribution in [0.1, 0.15) is 21.9 Å². The molecule has 0 aliphatic rings. The van der Waals surface area contributed by atoms with E-state index in [-0.39, 0.29) is 27.2 Å². The van der Waals surface area contributed by atoms with Gasteiger partial charge in [-0.05, 0) is 31.2 Å². The van der Waals surface area contributed by atoms with Crippen molar-refractivity contribution in [2.45, 2.75) is 19.7 Å². The zero-order valence-corrected chi connectivity index (χ0v) is 16.7. The van der Waals surface area contributed by atoms with Crippen LogP contribution in [0.4, 0.5) is 27.1 Å². The normalized spacial score (nSPS) is 12.1. The van der Waals surface area contributed by atoms with Gasteiger partial charge in [0.2, 0.25) is 0 Å². The van der Waals surface area contributed by atoms with E-state index in [2.05, 4.69) is 25.1 Å². The Labute approximate surface area is 178 Å². The lowest BCUT2D eigenvalue weighted by Gasteiger charge is -2.09. The zero-order chi connectivity index (χ0) is 22.5. The molecule has 0 unspecified atom stereocenters. The highest BCUT2D eigenvalue weighted by Crippen LogP contribution is 2.33. The second-order valence-electron chi connectivity index (χ2n) is 6.16. The summed E-state index contributed by atoms with van der Waals surface area (Å²) in [5.74, 6) is -1.00. The van der Waals surface area contributed by atoms with Crippen LogP contribution in [0.15, 0.2) is 24.3 Å². The average Bonchev–Trinajstić information content (AvgIpc) is 3.20. The van der Waals surface area contributed by atoms with Crippen molar-refractivity contribution in [2.24, 2.45) is 0 Å². The topological polar surface area (TPSA) is 81.4 Å². The molecule has 1 aromatic carbocycles. The lowest BCUT2D eigenvalue weighted by atomic mass is 10.3. The fourth-order valence-corrected chi connectivity index (χ4v) is 3.89. The van der Waals surface area contributed by atoms with Crippen molar-refractivity contribution in [1.82, 2.24) is 19.6 Å². The molecule has 0 bridgehead atoms. The van der Waals surface area contributed by atoms with Crippen molar-refractivity contribution in [3.05, 3.63) is 46.4 Å². The van der Waals surface area contributed by atoms with E-state index in [1.165, 1.54) is 25.1 Å². The molecule has 0 saturated heterocycles. The van der Waals surface area contributed by atoms with E-state index in [0.29, 0.717) is 14.7 Å². The standard InChI is InChI=1S/C17H9ClF5N5O2S/c1-6-4-10(17(21,22)23)28-13(24-6)11(18)12(27-28)14(29)26-16-25-8-3-2-7(30-15(19)20)5-9(8)31-16/h2-5,15H,1H3,(H,25,26,29). The van der Waals surface area contributed by atoms with Gasteiger partial charge in [-0.25, -0.2) is 14.5 Å². The molecule has 0 aliphatic carbocycles. The Morgan fingerprint density at radius 2 is 2.00 bits per heavy atom. The van der Waals surface area contributed by atoms with E-state index in [1.54, 1.807) is 0 Å². The number of benzene rings is 1. The number of hydrogen-bond donors (Lipinski definition) is 1. The van der Waals surface area contributed by atoms with Crippen LogP contribution in [0.5, 0.6) is 5.75 Å². The number of fused-ring (bicyclic) bond motifs is 2. The summed E-state index contributed by atoms with van der Waals surface area (Å²) in [6.07, 6.45) is -4.75. The SMILES string of the molecule is Cc1cc(C(F)(F)F)n2nc(C(=O)Nc3nc4ccc(OC(F)F)cc4s3)c(Cl)c2n1. The van der Waals surface area contributed by atoms with Gasteiger partial charge in [0, 0.05) is 5.69 Å². The Morgan fingerprint density at radius 3 is 2.68 bits per heavy atom. The molecule has 4 rings (SSSR count). The Morgan fingerprint density at radius 1 is 1.26 bits per heavy atom. The molecule has 0 atom stereocenters. The summed E-state index contributed by atoms with van der Waals surface area (Å²) in [6.45, 7) is -1.65. The number of carbonyl (C=O) groups excluding carboxylic acids is 1. The molecule has 7 nitrogen and oxygen atoms in total. The number of aromatic nitrogens is 4. The number of anilines is 1. The first-order valence-electron chi connectivity index (χ1n) is 8.33. The summed E-state index contributed by atoms with van der Waals surface area (Å²) < 4.78 is 69.9. The minimum absolute atomic E-state index is 0.0431. The fraction of sp³-hybridized carbons (Fsp3) is 0.176. The van der Waals surface area contributed by atoms with Gasteiger partial charge in [-0.2, -0.15) is 27.1 Å². The van der Waals surface area contributed by atoms with Crippen LogP contribution in [0.25, 0.3) is 15.9 Å². The third kappa shape index (κ3) is 4.10. The van der Waals surface area contributed by atoms with Gasteiger partial charge in [0.05, 0.1) is 10.2 Å². The van der Waals surface area contributed by atoms with E-state index in [0.717, 1.165) is 17.4 Å². The van der Waals surface area contributed by atoms with Gasteiger partial charge >= 0.3 is 12.8 Å². The van der Waals surface area contributed by atoms with E-state index in [1.807, 2.05) is 0 Å². The van der Waals surface area contributed by atoms with Crippen LogP contribution in [-0.4, -0.2) is 32.1 Å². The number of carbonyl (C=O) groups is 1. The maximum atomic E-state index is 13.3. The second kappa shape index (κ2) is 7.57. The predicted octanol–water partition coefficient (Wildman–Crippen LogP) is 5.17. The highest BCUT2D eigenvalue weighted by Gasteiger charge is 2.36. The lowest BCUT2D eigenvalue weighted by molar-refractivity contribution is -0.142. The lowest BCUT2D eigenvalue weighted by Crippen LogP contribution is -2.15. The molecule has 0 spiro atoms. The van der Waals surface area contributed by atoms with E-state index in [9.17, 15) is 26.7 Å². The first kappa shape index (κ1) is 21.2. The molecule has 162 valence electrons. The Hall–Kier alpha value is -3.06. The summed E-state index contributed by atoms with van der Waals surface area (Å²) >= 11 is 7.02. The van der Waals surface area contributed by atoms with Crippen LogP contribution in [0.2, 0.25) is 5.02 Å². The Balaban J connectivity index is 1.68. The quantitative estimate of drug-likeness (QED) is 0.410. The Bertz CT molecular complexity index is 1320. The molecule has 4 aromatic rings. The third-order valence-electron chi connectivity index (χ3n) is 3.97. The number of alkyl halides is 5. The number of thiazole rings is 1. The molecule has 0 aliphatic heterocycles. The van der Waals surface area contributed by atoms with Gasteiger partial charge in [-0.1, -0.05) is 22.9 Å². The number of nitrogens with zero attached hydrogens (tertiary/aromatic N) is 4. The summed E-state index contributed by atoms with van der Waals surface area (Å²) in [4.78, 5) is 20.7. The van der Waals surface area contributed by atoms with Gasteiger partial charge in [-0.3, -0.25) is 10.1 Å². The van der Waals surface area contributed by atoms with Crippen molar-refractivity contribution >= 4 is 49.8 Å². The van der Waals surface area contributed by atoms with Crippen molar-refractivity contribution in [3.63, 3.8) is 0 Å². The van der Waals surface area contributed by atoms with Crippen molar-refractivity contribution in [1.29, 1.82) is 0 Å². The fourth-order valence-electron chi connectivity index (χ4n) is 2.75. The van der Waals surface area contributed by atoms with Gasteiger partial charge < -0.3 is 4.74 Å². The Kier molecular flexibility index (Phi) is 5.17. The van der Waals surface area contributed by atoms with Crippen LogP contribution < -0.4 is 10.1 Å². The minimum atomic E-state index is -4.75. The van der Waals surface area contributed by atoms with Gasteiger partial charge in [0.15, 0.2) is 16.5 Å². The van der Waals surface area contributed by atoms with Crippen LogP contribution in [0.3, 0.4) is 0 Å². The molecule has 1 amide bonds. The van der Waals surface area contributed by atoms with Crippen molar-refractivity contribution < 1.29 is 31.5 Å². The molecule has 0 saturated carbocycles. The number of amides is 1. The molecule has 1 N–H and O–H groups in total. The third-order valence-corrected chi connectivity index (χ3v) is 5.25. The molecule has 0 radical (unpaired) electrons. The number of aryl methyl sites for hydroxylation is 1. The van der Waals surface area contributed by atoms with E-state index < -0.39 is 30.1 Å². The molecular weight excluding hydrogens is 469 g/mol. The van der Waals surface area contributed by atoms with Crippen LogP contribution in [-0.2, 0) is 6.18 Å². The largest absolute Gasteiger partial charge is 0.435 e. The summed E-state index contributed by atoms with van der Waals surface area (Å²) in [6, 6.07) is 4.80. The van der Waals surface area contributed by atoms with Gasteiger partial charge in [-0.15, -0.1) is 0 Å². The summed E-state index contributed by atoms with van der Waals surface area (Å²) in [5.41, 5.74) is -1.51. The van der Waals surface area contributed by atoms with Crippen molar-refractivity contribution in [3.8, 4) is 5.75 Å². The zero-order valence-electron chi connectivity index (χ0n) is 15.2. The van der Waals surface area contributed by atoms with Crippen molar-refractivity contribution in [2.75, 3.05) is 5.32 Å². The summed E-state index contributed by atoms with van der Waals surface area (Å²) in [5, 5.41) is 5.77. The number of rotatable bonds is 4. The molecular formula is C17H9ClF5N5O2S. The molecule has 3 heterocycles. The number of hydrogen-bond acceptors (Lipinski definition) is 6. The number of nitrogens with one attached hydrogen (secondary N) is 1. The monoisotopic (exact) mass is 477 g/mol. The highest BCUT2D eigenvalue weighted by atomic mass is 35.5. The van der Waals surface area contributed by atoms with E-state index in [4.69, 9.17) is 11.6 Å². The molecule has 14 heteroatoms. The average molecular weight is 478 g/mol. The number of ether oxygens (including phenoxy) is 1. The van der Waals surface area contributed by atoms with Gasteiger partial charge in [0.1, 0.15) is 16.5 Å². The maximum Gasteiger partial charge on any atom is 0.433 e. The molecule has 3 aromatic heterocycles. The molecule has 31 heavy (non-hydrogen) atoms. The summed E-state index contributed by atoms with van der Waals surface area (Å²) in [7, 11) is 0. The van der Waals surface area contributed by atoms with Gasteiger partial charge in [0.25, 0.3) is 5.91 Å².